The second-order valence-electron chi connectivity index (χ2n) is 22.6. The first kappa shape index (κ1) is 69.6. The highest BCUT2D eigenvalue weighted by Gasteiger charge is 2.27. The van der Waals surface area contributed by atoms with Gasteiger partial charge in [-0.1, -0.05) is 13.8 Å². The molecule has 12 rings (SSSR count). The summed E-state index contributed by atoms with van der Waals surface area (Å²) in [6.45, 7) is 5.56. The Morgan fingerprint density at radius 1 is 0.449 bits per heavy atom. The van der Waals surface area contributed by atoms with Crippen LogP contribution in [0.1, 0.15) is 13.8 Å². The van der Waals surface area contributed by atoms with E-state index in [-0.39, 0.29) is 19.7 Å². The first-order valence-electron chi connectivity index (χ1n) is 31.4. The van der Waals surface area contributed by atoms with E-state index >= 15 is 0 Å². The number of nitrogens with one attached hydrogen (secondary N) is 2. The van der Waals surface area contributed by atoms with Crippen LogP contribution in [0.5, 0.6) is 34.5 Å². The molecule has 0 aliphatic carbocycles. The summed E-state index contributed by atoms with van der Waals surface area (Å²) in [6, 6.07) is 44.5. The molecule has 21 nitrogen and oxygen atoms in total. The molecule has 0 saturated heterocycles. The van der Waals surface area contributed by atoms with Crippen molar-refractivity contribution >= 4 is 67.2 Å². The number of rotatable bonds is 25. The van der Waals surface area contributed by atoms with Gasteiger partial charge in [-0.25, -0.2) is 15.0 Å². The number of benzene rings is 6. The molecule has 12 aromatic rings. The van der Waals surface area contributed by atoms with Crippen LogP contribution in [0.3, 0.4) is 0 Å². The lowest BCUT2D eigenvalue weighted by molar-refractivity contribution is -0.124. The summed E-state index contributed by atoms with van der Waals surface area (Å²) in [5.41, 5.74) is 14.9. The largest absolute Gasteiger partial charge is 0.497 e. The maximum Gasteiger partial charge on any atom is 0.401 e. The van der Waals surface area contributed by atoms with E-state index in [1.807, 2.05) is 155 Å². The smallest absolute Gasteiger partial charge is 0.401 e. The standard InChI is InChI=1S/C26H29N5O2.C25H26F3N5O2.C23H22N4O3/c1-18(2)28-11-12-31(21-13-22(32-3)16-23(14-21)33-4)20-5-6-24-25(15-20)30-26(17-29-24)19-7-9-27-10-8-19;1-32-8-6-17(15-32)24-14-30-22-5-4-18(12-23(22)31-24)33(9-7-29-16-25(26,27)28)19-10-20(34-2)13-21(11-19)35-3;1-29-19-10-18(11-20(13-19)30-2)27(8-9-28)17-5-6-21-22(12-17)26-23(15-25-21)16-4-3-7-24-14-16/h5-10,13-18,28H,11-12H2,1-4H3;4-6,8,10-15,29H,7,9,16H2,1-3H3;3-7,10-15,28H,8-9H2,1-2H3. The number of hydrogen-bond donors (Lipinski definition) is 3. The quantitative estimate of drug-likeness (QED) is 0.0453. The fourth-order valence-electron chi connectivity index (χ4n) is 10.7. The molecule has 0 spiro atoms. The van der Waals surface area contributed by atoms with Crippen molar-refractivity contribution in [2.45, 2.75) is 26.1 Å². The summed E-state index contributed by atoms with van der Waals surface area (Å²) in [6.07, 6.45) is 11.9. The van der Waals surface area contributed by atoms with Gasteiger partial charge < -0.3 is 63.4 Å². The Balaban J connectivity index is 0.000000160. The van der Waals surface area contributed by atoms with Crippen LogP contribution in [0.4, 0.5) is 47.3 Å². The van der Waals surface area contributed by atoms with Gasteiger partial charge in [-0.2, -0.15) is 13.2 Å². The molecule has 506 valence electrons. The van der Waals surface area contributed by atoms with E-state index in [0.29, 0.717) is 52.3 Å². The number of aliphatic hydroxyl groups is 1. The number of aromatic nitrogens is 9. The number of ether oxygens (including phenoxy) is 6. The maximum absolute atomic E-state index is 12.7. The van der Waals surface area contributed by atoms with Gasteiger partial charge in [-0.05, 0) is 84.9 Å². The van der Waals surface area contributed by atoms with E-state index in [4.69, 9.17) is 43.4 Å². The summed E-state index contributed by atoms with van der Waals surface area (Å²) >= 11 is 0. The van der Waals surface area contributed by atoms with Crippen LogP contribution < -0.4 is 53.8 Å². The van der Waals surface area contributed by atoms with Gasteiger partial charge in [0.05, 0.1) is 125 Å². The average Bonchev–Trinajstić information content (AvgIpc) is 0.957. The van der Waals surface area contributed by atoms with Crippen molar-refractivity contribution in [2.75, 3.05) is 103 Å². The van der Waals surface area contributed by atoms with Crippen LogP contribution in [0.2, 0.25) is 0 Å². The van der Waals surface area contributed by atoms with Gasteiger partial charge in [0.2, 0.25) is 0 Å². The van der Waals surface area contributed by atoms with E-state index in [1.54, 1.807) is 92.1 Å². The van der Waals surface area contributed by atoms with E-state index < -0.39 is 12.7 Å². The molecule has 6 aromatic heterocycles. The Hall–Kier alpha value is -11.2. The third-order valence-electron chi connectivity index (χ3n) is 15.6. The molecule has 0 aliphatic heterocycles. The second-order valence-corrected chi connectivity index (χ2v) is 22.6. The van der Waals surface area contributed by atoms with Crippen molar-refractivity contribution in [3.05, 3.63) is 195 Å². The van der Waals surface area contributed by atoms with Crippen LogP contribution in [-0.2, 0) is 7.05 Å². The Morgan fingerprint density at radius 2 is 0.867 bits per heavy atom. The number of halogens is 3. The normalized spacial score (nSPS) is 11.2. The van der Waals surface area contributed by atoms with Crippen molar-refractivity contribution in [3.63, 3.8) is 0 Å². The Labute approximate surface area is 566 Å². The van der Waals surface area contributed by atoms with Crippen molar-refractivity contribution < 1.29 is 46.7 Å². The van der Waals surface area contributed by atoms with E-state index in [2.05, 4.69) is 66.4 Å². The highest BCUT2D eigenvalue weighted by atomic mass is 19.4. The highest BCUT2D eigenvalue weighted by molar-refractivity contribution is 5.86. The van der Waals surface area contributed by atoms with E-state index in [9.17, 15) is 18.3 Å². The predicted molar refractivity (Wildman–Crippen MR) is 378 cm³/mol. The number of aryl methyl sites for hydroxylation is 1. The molecule has 0 fully saturated rings. The van der Waals surface area contributed by atoms with Gasteiger partial charge in [0.1, 0.15) is 34.5 Å². The molecule has 0 atom stereocenters. The molecule has 0 amide bonds. The van der Waals surface area contributed by atoms with Gasteiger partial charge >= 0.3 is 6.18 Å². The summed E-state index contributed by atoms with van der Waals surface area (Å²) in [4.78, 5) is 42.5. The van der Waals surface area contributed by atoms with Crippen LogP contribution in [0.25, 0.3) is 66.9 Å². The monoisotopic (exact) mass is 1330 g/mol. The molecule has 98 heavy (non-hydrogen) atoms. The minimum Gasteiger partial charge on any atom is -0.497 e. The number of pyridine rings is 2. The maximum atomic E-state index is 12.7. The van der Waals surface area contributed by atoms with Crippen molar-refractivity contribution in [1.82, 2.24) is 55.1 Å². The first-order valence-corrected chi connectivity index (χ1v) is 31.4. The van der Waals surface area contributed by atoms with Gasteiger partial charge in [0.15, 0.2) is 0 Å². The number of fused-ring (bicyclic) bond motifs is 3. The third kappa shape index (κ3) is 18.2. The highest BCUT2D eigenvalue weighted by Crippen LogP contribution is 2.38. The molecule has 0 radical (unpaired) electrons. The lowest BCUT2D eigenvalue weighted by Gasteiger charge is -2.27. The lowest BCUT2D eigenvalue weighted by atomic mass is 10.1. The first-order chi connectivity index (χ1) is 47.5. The van der Waals surface area contributed by atoms with Gasteiger partial charge in [0.25, 0.3) is 0 Å². The molecular formula is C74H77F3N14O7. The molecule has 3 N–H and O–H groups in total. The third-order valence-corrected chi connectivity index (χ3v) is 15.6. The van der Waals surface area contributed by atoms with Gasteiger partial charge in [-0.15, -0.1) is 0 Å². The summed E-state index contributed by atoms with van der Waals surface area (Å²) in [5, 5.41) is 15.6. The molecular weight excluding hydrogens is 1250 g/mol. The lowest BCUT2D eigenvalue weighted by Crippen LogP contribution is -2.34. The number of alkyl halides is 3. The number of hydrogen-bond acceptors (Lipinski definition) is 20. The molecule has 0 saturated carbocycles. The molecule has 24 heteroatoms. The minimum absolute atomic E-state index is 0.0149. The van der Waals surface area contributed by atoms with Gasteiger partial charge in [-0.3, -0.25) is 24.9 Å². The van der Waals surface area contributed by atoms with Crippen LogP contribution in [0, 0.1) is 0 Å². The summed E-state index contributed by atoms with van der Waals surface area (Å²) in [5.74, 6) is 3.97. The van der Waals surface area contributed by atoms with Crippen LogP contribution >= 0.6 is 0 Å². The van der Waals surface area contributed by atoms with Crippen LogP contribution in [0.15, 0.2) is 195 Å². The Kier molecular flexibility index (Phi) is 23.4. The Morgan fingerprint density at radius 3 is 1.24 bits per heavy atom. The minimum atomic E-state index is -4.28. The number of anilines is 6. The summed E-state index contributed by atoms with van der Waals surface area (Å²) < 4.78 is 72.5. The predicted octanol–water partition coefficient (Wildman–Crippen LogP) is 13.6. The zero-order chi connectivity index (χ0) is 69.1. The number of methoxy groups -OCH3 is 6. The number of aliphatic hydroxyl groups excluding tert-OH is 1. The number of nitrogens with zero attached hydrogens (tertiary/aromatic N) is 12. The average molecular weight is 1330 g/mol. The zero-order valence-electron chi connectivity index (χ0n) is 55.9. The molecule has 0 aliphatic rings. The molecule has 0 unspecified atom stereocenters. The molecule has 0 bridgehead atoms. The SMILES string of the molecule is COc1cc(OC)cc(N(CCNC(C)C)c2ccc3ncc(-c4ccncc4)nc3c2)c1.COc1cc(OC)cc(N(CCNCC(F)(F)F)c2ccc3ncc(-c4ccn(C)c4)nc3c2)c1.COc1cc(OC)cc(N(CCO)c2ccc3ncc(-c4cccnc4)nc3c2)c1. The molecule has 6 heterocycles. The topological polar surface area (TPSA) is 217 Å². The van der Waals surface area contributed by atoms with Gasteiger partial charge in [0, 0.05) is 188 Å². The fourth-order valence-corrected chi connectivity index (χ4v) is 10.7. The van der Waals surface area contributed by atoms with Crippen molar-refractivity contribution in [2.24, 2.45) is 7.05 Å². The zero-order valence-corrected chi connectivity index (χ0v) is 55.9. The van der Waals surface area contributed by atoms with Crippen LogP contribution in [-0.4, -0.2) is 150 Å². The Bertz CT molecular complexity index is 4520. The van der Waals surface area contributed by atoms with Crippen molar-refractivity contribution in [1.29, 1.82) is 0 Å². The van der Waals surface area contributed by atoms with E-state index in [1.165, 1.54) is 0 Å². The summed E-state index contributed by atoms with van der Waals surface area (Å²) in [7, 11) is 11.6. The second kappa shape index (κ2) is 33.0. The van der Waals surface area contributed by atoms with E-state index in [0.717, 1.165) is 109 Å². The molecule has 6 aromatic carbocycles. The fraction of sp³-hybridized carbons (Fsp3) is 0.243. The van der Waals surface area contributed by atoms with Crippen molar-refractivity contribution in [3.8, 4) is 68.3 Å².